The van der Waals surface area contributed by atoms with Gasteiger partial charge in [0, 0.05) is 41.1 Å². The maximum absolute atomic E-state index is 11.7. The predicted molar refractivity (Wildman–Crippen MR) is 85.9 cm³/mol. The molecule has 3 N–H and O–H groups in total. The van der Waals surface area contributed by atoms with Crippen molar-refractivity contribution in [1.29, 1.82) is 0 Å². The van der Waals surface area contributed by atoms with Crippen molar-refractivity contribution in [2.24, 2.45) is 0 Å². The first-order valence-corrected chi connectivity index (χ1v) is 7.36. The lowest BCUT2D eigenvalue weighted by Gasteiger charge is -2.15. The van der Waals surface area contributed by atoms with Gasteiger partial charge >= 0.3 is 6.03 Å². The van der Waals surface area contributed by atoms with Gasteiger partial charge in [-0.15, -0.1) is 0 Å². The van der Waals surface area contributed by atoms with E-state index in [4.69, 9.17) is 23.2 Å². The van der Waals surface area contributed by atoms with Crippen LogP contribution >= 0.6 is 23.2 Å². The Morgan fingerprint density at radius 3 is 2.55 bits per heavy atom. The highest BCUT2D eigenvalue weighted by molar-refractivity contribution is 6.36. The van der Waals surface area contributed by atoms with Crippen LogP contribution in [-0.4, -0.2) is 22.7 Å². The maximum atomic E-state index is 11.7. The number of pyridine rings is 1. The number of amides is 2. The molecule has 0 bridgehead atoms. The van der Waals surface area contributed by atoms with Gasteiger partial charge in [-0.05, 0) is 23.8 Å². The fraction of sp³-hybridized carbons (Fsp3) is 0.200. The quantitative estimate of drug-likeness (QED) is 0.783. The van der Waals surface area contributed by atoms with Gasteiger partial charge in [-0.2, -0.15) is 0 Å². The molecule has 0 saturated carbocycles. The molecule has 1 unspecified atom stereocenters. The number of carbonyl (C=O) groups is 1. The van der Waals surface area contributed by atoms with Crippen LogP contribution in [0.15, 0.2) is 42.7 Å². The smallest absolute Gasteiger partial charge is 0.315 e. The number of carbonyl (C=O) groups excluding carboxylic acids is 1. The summed E-state index contributed by atoms with van der Waals surface area (Å²) in [5, 5.41) is 16.0. The number of aliphatic hydroxyl groups is 1. The van der Waals surface area contributed by atoms with Crippen molar-refractivity contribution in [3.63, 3.8) is 0 Å². The number of nitrogens with one attached hydrogen (secondary N) is 2. The molecule has 0 radical (unpaired) electrons. The van der Waals surface area contributed by atoms with Crippen LogP contribution in [0.3, 0.4) is 0 Å². The third-order valence-corrected chi connectivity index (χ3v) is 3.62. The molecule has 2 amide bonds. The number of hydrogen-bond acceptors (Lipinski definition) is 3. The van der Waals surface area contributed by atoms with Crippen molar-refractivity contribution >= 4 is 29.2 Å². The first kappa shape index (κ1) is 16.5. The zero-order chi connectivity index (χ0) is 15.9. The minimum Gasteiger partial charge on any atom is -0.386 e. The second-order valence-electron chi connectivity index (χ2n) is 4.58. The molecule has 1 atom stereocenters. The third kappa shape index (κ3) is 4.59. The third-order valence-electron chi connectivity index (χ3n) is 2.96. The number of aromatic nitrogens is 1. The molecule has 0 aliphatic rings. The molecule has 0 saturated heterocycles. The lowest BCUT2D eigenvalue weighted by atomic mass is 10.1. The molecule has 22 heavy (non-hydrogen) atoms. The van der Waals surface area contributed by atoms with E-state index >= 15 is 0 Å². The molecule has 5 nitrogen and oxygen atoms in total. The number of halogens is 2. The number of benzene rings is 1. The van der Waals surface area contributed by atoms with E-state index in [2.05, 4.69) is 15.6 Å². The first-order valence-electron chi connectivity index (χ1n) is 6.60. The van der Waals surface area contributed by atoms with Crippen molar-refractivity contribution in [3.8, 4) is 0 Å². The summed E-state index contributed by atoms with van der Waals surface area (Å²) in [4.78, 5) is 15.7. The first-order chi connectivity index (χ1) is 10.6. The zero-order valence-electron chi connectivity index (χ0n) is 11.6. The average Bonchev–Trinajstić information content (AvgIpc) is 2.52. The van der Waals surface area contributed by atoms with Gasteiger partial charge < -0.3 is 15.7 Å². The van der Waals surface area contributed by atoms with Crippen LogP contribution < -0.4 is 10.6 Å². The van der Waals surface area contributed by atoms with Crippen molar-refractivity contribution < 1.29 is 9.90 Å². The van der Waals surface area contributed by atoms with Crippen LogP contribution in [-0.2, 0) is 6.54 Å². The summed E-state index contributed by atoms with van der Waals surface area (Å²) in [5.74, 6) is 0. The van der Waals surface area contributed by atoms with E-state index in [1.165, 1.54) is 0 Å². The number of nitrogens with zero attached hydrogens (tertiary/aromatic N) is 1. The lowest BCUT2D eigenvalue weighted by Crippen LogP contribution is -2.37. The highest BCUT2D eigenvalue weighted by Crippen LogP contribution is 2.29. The second-order valence-corrected chi connectivity index (χ2v) is 5.39. The monoisotopic (exact) mass is 339 g/mol. The number of hydrogen-bond donors (Lipinski definition) is 3. The van der Waals surface area contributed by atoms with E-state index in [1.54, 1.807) is 36.7 Å². The average molecular weight is 340 g/mol. The van der Waals surface area contributed by atoms with E-state index in [0.717, 1.165) is 5.56 Å². The standard InChI is InChI=1S/C15H15Cl2N3O2/c16-11-4-1-5-12(17)14(11)13(21)9-20-15(22)19-8-10-3-2-6-18-7-10/h1-7,13,21H,8-9H2,(H2,19,20,22). The van der Waals surface area contributed by atoms with Crippen LogP contribution in [0.1, 0.15) is 17.2 Å². The molecule has 0 aliphatic carbocycles. The van der Waals surface area contributed by atoms with E-state index in [9.17, 15) is 9.90 Å². The summed E-state index contributed by atoms with van der Waals surface area (Å²) >= 11 is 12.0. The molecular formula is C15H15Cl2N3O2. The van der Waals surface area contributed by atoms with Crippen LogP contribution in [0.2, 0.25) is 10.0 Å². The molecule has 0 spiro atoms. The van der Waals surface area contributed by atoms with Crippen molar-refractivity contribution in [2.75, 3.05) is 6.54 Å². The SMILES string of the molecule is O=C(NCc1cccnc1)NCC(O)c1c(Cl)cccc1Cl. The topological polar surface area (TPSA) is 74.2 Å². The fourth-order valence-corrected chi connectivity index (χ4v) is 2.52. The van der Waals surface area contributed by atoms with Gasteiger partial charge in [0.15, 0.2) is 0 Å². The minimum absolute atomic E-state index is 0.00231. The maximum Gasteiger partial charge on any atom is 0.315 e. The molecular weight excluding hydrogens is 325 g/mol. The largest absolute Gasteiger partial charge is 0.386 e. The Hall–Kier alpha value is -1.82. The van der Waals surface area contributed by atoms with E-state index in [0.29, 0.717) is 22.2 Å². The lowest BCUT2D eigenvalue weighted by molar-refractivity contribution is 0.173. The Morgan fingerprint density at radius 2 is 1.91 bits per heavy atom. The fourth-order valence-electron chi connectivity index (χ4n) is 1.87. The molecule has 2 aromatic rings. The molecule has 1 aromatic carbocycles. The molecule has 0 aliphatic heterocycles. The molecule has 1 heterocycles. The van der Waals surface area contributed by atoms with Crippen molar-refractivity contribution in [2.45, 2.75) is 12.6 Å². The summed E-state index contributed by atoms with van der Waals surface area (Å²) in [6, 6.07) is 8.20. The molecule has 1 aromatic heterocycles. The number of urea groups is 1. The summed E-state index contributed by atoms with van der Waals surface area (Å²) < 4.78 is 0. The van der Waals surface area contributed by atoms with Gasteiger partial charge in [0.05, 0.1) is 6.10 Å². The van der Waals surface area contributed by atoms with Gasteiger partial charge in [-0.25, -0.2) is 4.79 Å². The summed E-state index contributed by atoms with van der Waals surface area (Å²) in [7, 11) is 0. The Labute approximate surface area is 138 Å². The van der Waals surface area contributed by atoms with E-state index < -0.39 is 12.1 Å². The highest BCUT2D eigenvalue weighted by Gasteiger charge is 2.16. The molecule has 116 valence electrons. The van der Waals surface area contributed by atoms with Gasteiger partial charge in [0.2, 0.25) is 0 Å². The Morgan fingerprint density at radius 1 is 1.18 bits per heavy atom. The predicted octanol–water partition coefficient (Wildman–Crippen LogP) is 2.92. The van der Waals surface area contributed by atoms with Crippen molar-refractivity contribution in [3.05, 3.63) is 63.9 Å². The van der Waals surface area contributed by atoms with Gasteiger partial charge in [0.1, 0.15) is 0 Å². The van der Waals surface area contributed by atoms with Gasteiger partial charge in [-0.1, -0.05) is 35.3 Å². The van der Waals surface area contributed by atoms with Crippen molar-refractivity contribution in [1.82, 2.24) is 15.6 Å². The van der Waals surface area contributed by atoms with Crippen LogP contribution in [0.25, 0.3) is 0 Å². The molecule has 7 heteroatoms. The number of aliphatic hydroxyl groups excluding tert-OH is 1. The van der Waals surface area contributed by atoms with Gasteiger partial charge in [-0.3, -0.25) is 4.98 Å². The van der Waals surface area contributed by atoms with Crippen LogP contribution in [0.4, 0.5) is 4.79 Å². The molecule has 2 rings (SSSR count). The summed E-state index contributed by atoms with van der Waals surface area (Å²) in [6.45, 7) is 0.352. The van der Waals surface area contributed by atoms with E-state index in [-0.39, 0.29) is 6.54 Å². The minimum atomic E-state index is -0.981. The van der Waals surface area contributed by atoms with E-state index in [1.807, 2.05) is 6.07 Å². The summed E-state index contributed by atoms with van der Waals surface area (Å²) in [6.07, 6.45) is 2.34. The Kier molecular flexibility index (Phi) is 6.00. The Balaban J connectivity index is 1.83. The van der Waals surface area contributed by atoms with Crippen LogP contribution in [0, 0.1) is 0 Å². The Bertz CT molecular complexity index is 618. The highest BCUT2D eigenvalue weighted by atomic mass is 35.5. The summed E-state index contributed by atoms with van der Waals surface area (Å²) in [5.41, 5.74) is 1.28. The number of rotatable bonds is 5. The van der Waals surface area contributed by atoms with Gasteiger partial charge in [0.25, 0.3) is 0 Å². The van der Waals surface area contributed by atoms with Crippen LogP contribution in [0.5, 0.6) is 0 Å². The normalized spacial score (nSPS) is 11.8. The molecule has 0 fully saturated rings. The second kappa shape index (κ2) is 7.98. The zero-order valence-corrected chi connectivity index (χ0v) is 13.1.